The molecule has 84 valence electrons. The Hall–Kier alpha value is -0.160. The standard InChI is InChI=1S/C10H22N2O2/c1-2-5-13-8-10(12-11)9-4-3-6-14-7-9/h9-10,12H,2-8,11H2,1H3. The van der Waals surface area contributed by atoms with Crippen LogP contribution in [-0.2, 0) is 9.47 Å². The minimum atomic E-state index is 0.238. The molecule has 0 radical (unpaired) electrons. The molecule has 4 heteroatoms. The first-order chi connectivity index (χ1) is 6.88. The molecule has 0 aromatic heterocycles. The lowest BCUT2D eigenvalue weighted by Crippen LogP contribution is -2.46. The van der Waals surface area contributed by atoms with Crippen LogP contribution in [0.25, 0.3) is 0 Å². The lowest BCUT2D eigenvalue weighted by molar-refractivity contribution is 0.0146. The van der Waals surface area contributed by atoms with E-state index in [1.165, 1.54) is 6.42 Å². The summed E-state index contributed by atoms with van der Waals surface area (Å²) in [5.74, 6) is 6.01. The van der Waals surface area contributed by atoms with Gasteiger partial charge in [-0.1, -0.05) is 6.92 Å². The van der Waals surface area contributed by atoms with Crippen molar-refractivity contribution in [2.75, 3.05) is 26.4 Å². The number of hydrazine groups is 1. The maximum Gasteiger partial charge on any atom is 0.0636 e. The molecule has 1 aliphatic rings. The summed E-state index contributed by atoms with van der Waals surface area (Å²) < 4.78 is 10.9. The third kappa shape index (κ3) is 3.92. The Morgan fingerprint density at radius 3 is 3.07 bits per heavy atom. The zero-order chi connectivity index (χ0) is 10.2. The molecular weight excluding hydrogens is 180 g/mol. The van der Waals surface area contributed by atoms with E-state index >= 15 is 0 Å². The number of rotatable bonds is 6. The molecule has 0 aromatic carbocycles. The Labute approximate surface area is 86.1 Å². The summed E-state index contributed by atoms with van der Waals surface area (Å²) >= 11 is 0. The fraction of sp³-hybridized carbons (Fsp3) is 1.00. The van der Waals surface area contributed by atoms with Gasteiger partial charge in [0.15, 0.2) is 0 Å². The molecule has 0 amide bonds. The second-order valence-corrected chi connectivity index (χ2v) is 3.83. The SMILES string of the molecule is CCCOCC(NN)C1CCCOC1. The van der Waals surface area contributed by atoms with Crippen LogP contribution < -0.4 is 11.3 Å². The highest BCUT2D eigenvalue weighted by Gasteiger charge is 2.23. The number of hydrogen-bond donors (Lipinski definition) is 2. The van der Waals surface area contributed by atoms with Gasteiger partial charge in [0.05, 0.1) is 13.2 Å². The molecule has 4 nitrogen and oxygen atoms in total. The predicted octanol–water partition coefficient (Wildman–Crippen LogP) is 0.671. The first-order valence-corrected chi connectivity index (χ1v) is 5.50. The molecule has 0 bridgehead atoms. The van der Waals surface area contributed by atoms with Gasteiger partial charge in [-0.05, 0) is 19.3 Å². The van der Waals surface area contributed by atoms with E-state index in [0.717, 1.165) is 32.7 Å². The zero-order valence-electron chi connectivity index (χ0n) is 9.00. The van der Waals surface area contributed by atoms with E-state index < -0.39 is 0 Å². The van der Waals surface area contributed by atoms with Crippen LogP contribution in [0.4, 0.5) is 0 Å². The van der Waals surface area contributed by atoms with Crippen molar-refractivity contribution in [2.45, 2.75) is 32.2 Å². The van der Waals surface area contributed by atoms with Gasteiger partial charge in [0, 0.05) is 25.2 Å². The molecule has 1 aliphatic heterocycles. The van der Waals surface area contributed by atoms with Crippen LogP contribution in [-0.4, -0.2) is 32.5 Å². The van der Waals surface area contributed by atoms with Gasteiger partial charge < -0.3 is 9.47 Å². The fourth-order valence-corrected chi connectivity index (χ4v) is 1.76. The maximum absolute atomic E-state index is 5.50. The summed E-state index contributed by atoms with van der Waals surface area (Å²) in [6.45, 7) is 5.31. The third-order valence-corrected chi connectivity index (χ3v) is 2.62. The summed E-state index contributed by atoms with van der Waals surface area (Å²) in [5.41, 5.74) is 2.83. The van der Waals surface area contributed by atoms with Crippen molar-refractivity contribution in [1.29, 1.82) is 0 Å². The van der Waals surface area contributed by atoms with Crippen molar-refractivity contribution >= 4 is 0 Å². The van der Waals surface area contributed by atoms with Gasteiger partial charge in [0.2, 0.25) is 0 Å². The third-order valence-electron chi connectivity index (χ3n) is 2.62. The van der Waals surface area contributed by atoms with E-state index in [4.69, 9.17) is 15.3 Å². The van der Waals surface area contributed by atoms with Gasteiger partial charge in [-0.25, -0.2) is 0 Å². The van der Waals surface area contributed by atoms with Gasteiger partial charge in [-0.2, -0.15) is 0 Å². The molecule has 0 aromatic rings. The van der Waals surface area contributed by atoms with Gasteiger partial charge in [0.25, 0.3) is 0 Å². The quantitative estimate of drug-likeness (QED) is 0.378. The first kappa shape index (κ1) is 11.9. The van der Waals surface area contributed by atoms with E-state index in [1.54, 1.807) is 0 Å². The molecule has 1 fully saturated rings. The highest BCUT2D eigenvalue weighted by molar-refractivity contribution is 4.76. The van der Waals surface area contributed by atoms with E-state index in [2.05, 4.69) is 12.3 Å². The minimum absolute atomic E-state index is 0.238. The Morgan fingerprint density at radius 1 is 1.64 bits per heavy atom. The molecule has 3 N–H and O–H groups in total. The van der Waals surface area contributed by atoms with Crippen molar-refractivity contribution in [3.63, 3.8) is 0 Å². The molecule has 14 heavy (non-hydrogen) atoms. The highest BCUT2D eigenvalue weighted by Crippen LogP contribution is 2.17. The summed E-state index contributed by atoms with van der Waals surface area (Å²) in [6.07, 6.45) is 3.37. The summed E-state index contributed by atoms with van der Waals surface area (Å²) in [7, 11) is 0. The van der Waals surface area contributed by atoms with Gasteiger partial charge in [0.1, 0.15) is 0 Å². The van der Waals surface area contributed by atoms with Crippen LogP contribution in [0.2, 0.25) is 0 Å². The monoisotopic (exact) mass is 202 g/mol. The zero-order valence-corrected chi connectivity index (χ0v) is 9.00. The van der Waals surface area contributed by atoms with Crippen LogP contribution >= 0.6 is 0 Å². The Kier molecular flexibility index (Phi) is 6.10. The lowest BCUT2D eigenvalue weighted by Gasteiger charge is -2.29. The molecule has 2 atom stereocenters. The van der Waals surface area contributed by atoms with Crippen molar-refractivity contribution < 1.29 is 9.47 Å². The fourth-order valence-electron chi connectivity index (χ4n) is 1.76. The molecule has 1 rings (SSSR count). The Morgan fingerprint density at radius 2 is 2.50 bits per heavy atom. The van der Waals surface area contributed by atoms with Crippen molar-refractivity contribution in [3.8, 4) is 0 Å². The highest BCUT2D eigenvalue weighted by atomic mass is 16.5. The summed E-state index contributed by atoms with van der Waals surface area (Å²) in [5, 5.41) is 0. The normalized spacial score (nSPS) is 24.9. The molecular formula is C10H22N2O2. The first-order valence-electron chi connectivity index (χ1n) is 5.50. The second-order valence-electron chi connectivity index (χ2n) is 3.83. The second kappa shape index (κ2) is 7.17. The topological polar surface area (TPSA) is 56.5 Å². The molecule has 1 saturated heterocycles. The molecule has 0 aliphatic carbocycles. The number of nitrogens with two attached hydrogens (primary N) is 1. The van der Waals surface area contributed by atoms with Crippen LogP contribution in [0.1, 0.15) is 26.2 Å². The van der Waals surface area contributed by atoms with Crippen molar-refractivity contribution in [1.82, 2.24) is 5.43 Å². The number of hydrogen-bond acceptors (Lipinski definition) is 4. The van der Waals surface area contributed by atoms with Gasteiger partial charge >= 0.3 is 0 Å². The average molecular weight is 202 g/mol. The van der Waals surface area contributed by atoms with E-state index in [0.29, 0.717) is 12.5 Å². The molecule has 2 unspecified atom stereocenters. The maximum atomic E-state index is 5.50. The predicted molar refractivity (Wildman–Crippen MR) is 55.8 cm³/mol. The lowest BCUT2D eigenvalue weighted by atomic mass is 9.95. The van der Waals surface area contributed by atoms with Gasteiger partial charge in [-0.3, -0.25) is 11.3 Å². The number of ether oxygens (including phenoxy) is 2. The van der Waals surface area contributed by atoms with E-state index in [9.17, 15) is 0 Å². The molecule has 0 saturated carbocycles. The van der Waals surface area contributed by atoms with Gasteiger partial charge in [-0.15, -0.1) is 0 Å². The summed E-state index contributed by atoms with van der Waals surface area (Å²) in [4.78, 5) is 0. The van der Waals surface area contributed by atoms with Crippen LogP contribution in [0.3, 0.4) is 0 Å². The molecule has 0 spiro atoms. The van der Waals surface area contributed by atoms with Crippen molar-refractivity contribution in [3.05, 3.63) is 0 Å². The summed E-state index contributed by atoms with van der Waals surface area (Å²) in [6, 6.07) is 0.238. The van der Waals surface area contributed by atoms with Crippen molar-refractivity contribution in [2.24, 2.45) is 11.8 Å². The molecule has 1 heterocycles. The van der Waals surface area contributed by atoms with Crippen LogP contribution in [0, 0.1) is 5.92 Å². The van der Waals surface area contributed by atoms with E-state index in [-0.39, 0.29) is 6.04 Å². The number of nitrogens with one attached hydrogen (secondary N) is 1. The largest absolute Gasteiger partial charge is 0.381 e. The van der Waals surface area contributed by atoms with Crippen LogP contribution in [0.15, 0.2) is 0 Å². The minimum Gasteiger partial charge on any atom is -0.381 e. The Bertz CT molecular complexity index is 138. The smallest absolute Gasteiger partial charge is 0.0636 e. The van der Waals surface area contributed by atoms with E-state index in [1.807, 2.05) is 0 Å². The van der Waals surface area contributed by atoms with Crippen LogP contribution in [0.5, 0.6) is 0 Å². The average Bonchev–Trinajstić information content (AvgIpc) is 2.26. The Balaban J connectivity index is 2.21.